The highest BCUT2D eigenvalue weighted by Gasteiger charge is 2.27. The summed E-state index contributed by atoms with van der Waals surface area (Å²) in [6, 6.07) is 16.6. The Morgan fingerprint density at radius 2 is 1.61 bits per heavy atom. The standard InChI is InChI=1S/C25H26ClN7O3/c1-29-21-20(22(34)30(2)25(29)36)33(16-17-6-4-3-5-7-17)23(28-21)31-12-14-32(15-13-31)24(35)27-19-10-8-18(26)9-11-19/h3-11H,12-16H2,1-2H3,(H,27,35). The van der Waals surface area contributed by atoms with Crippen molar-refractivity contribution in [3.63, 3.8) is 0 Å². The molecule has 3 heterocycles. The van der Waals surface area contributed by atoms with E-state index >= 15 is 0 Å². The zero-order valence-electron chi connectivity index (χ0n) is 20.0. The van der Waals surface area contributed by atoms with E-state index in [1.807, 2.05) is 34.9 Å². The van der Waals surface area contributed by atoms with Crippen LogP contribution in [-0.2, 0) is 20.6 Å². The van der Waals surface area contributed by atoms with Crippen LogP contribution in [0.5, 0.6) is 0 Å². The lowest BCUT2D eigenvalue weighted by Gasteiger charge is -2.35. The van der Waals surface area contributed by atoms with Crippen LogP contribution >= 0.6 is 11.6 Å². The highest BCUT2D eigenvalue weighted by Crippen LogP contribution is 2.23. The molecule has 10 nitrogen and oxygen atoms in total. The first-order valence-corrected chi connectivity index (χ1v) is 12.0. The number of hydrogen-bond donors (Lipinski definition) is 1. The molecule has 36 heavy (non-hydrogen) atoms. The van der Waals surface area contributed by atoms with Crippen LogP contribution in [-0.4, -0.2) is 55.8 Å². The molecule has 0 bridgehead atoms. The Labute approximate surface area is 211 Å². The number of carbonyl (C=O) groups excluding carboxylic acids is 1. The van der Waals surface area contributed by atoms with Crippen molar-refractivity contribution in [2.24, 2.45) is 14.1 Å². The Bertz CT molecular complexity index is 1530. The summed E-state index contributed by atoms with van der Waals surface area (Å²) in [5.41, 5.74) is 1.59. The summed E-state index contributed by atoms with van der Waals surface area (Å²) in [5.74, 6) is 0.602. The lowest BCUT2D eigenvalue weighted by molar-refractivity contribution is 0.208. The van der Waals surface area contributed by atoms with Crippen molar-refractivity contribution in [2.75, 3.05) is 36.4 Å². The summed E-state index contributed by atoms with van der Waals surface area (Å²) in [5, 5.41) is 3.50. The summed E-state index contributed by atoms with van der Waals surface area (Å²) in [4.78, 5) is 47.0. The van der Waals surface area contributed by atoms with Crippen LogP contribution in [0.25, 0.3) is 11.2 Å². The number of nitrogens with one attached hydrogen (secondary N) is 1. The summed E-state index contributed by atoms with van der Waals surface area (Å²) in [6.45, 7) is 2.44. The summed E-state index contributed by atoms with van der Waals surface area (Å²) >= 11 is 5.92. The number of imidazole rings is 1. The number of aromatic nitrogens is 4. The third kappa shape index (κ3) is 4.35. The topological polar surface area (TPSA) is 97.4 Å². The van der Waals surface area contributed by atoms with Gasteiger partial charge in [0.2, 0.25) is 5.95 Å². The molecule has 4 aromatic rings. The molecule has 1 aliphatic rings. The number of piperazine rings is 1. The van der Waals surface area contributed by atoms with E-state index < -0.39 is 5.69 Å². The van der Waals surface area contributed by atoms with Gasteiger partial charge in [0.25, 0.3) is 5.56 Å². The minimum atomic E-state index is -0.424. The Morgan fingerprint density at radius 1 is 0.944 bits per heavy atom. The van der Waals surface area contributed by atoms with Crippen molar-refractivity contribution in [3.05, 3.63) is 86.0 Å². The van der Waals surface area contributed by atoms with Crippen molar-refractivity contribution in [3.8, 4) is 0 Å². The molecule has 1 N–H and O–H groups in total. The van der Waals surface area contributed by atoms with Crippen LogP contribution in [0.1, 0.15) is 5.56 Å². The van der Waals surface area contributed by atoms with Crippen LogP contribution in [0.15, 0.2) is 64.2 Å². The second-order valence-corrected chi connectivity index (χ2v) is 9.21. The minimum Gasteiger partial charge on any atom is -0.339 e. The maximum absolute atomic E-state index is 13.1. The monoisotopic (exact) mass is 507 g/mol. The second kappa shape index (κ2) is 9.54. The van der Waals surface area contributed by atoms with E-state index in [2.05, 4.69) is 10.2 Å². The van der Waals surface area contributed by atoms with Gasteiger partial charge in [-0.25, -0.2) is 9.59 Å². The molecule has 2 amide bonds. The molecule has 0 atom stereocenters. The van der Waals surface area contributed by atoms with Crippen LogP contribution in [0.3, 0.4) is 0 Å². The quantitative estimate of drug-likeness (QED) is 0.458. The zero-order valence-corrected chi connectivity index (χ0v) is 20.8. The summed E-state index contributed by atoms with van der Waals surface area (Å²) in [7, 11) is 3.09. The highest BCUT2D eigenvalue weighted by atomic mass is 35.5. The first kappa shape index (κ1) is 23.7. The number of anilines is 2. The number of amides is 2. The fourth-order valence-corrected chi connectivity index (χ4v) is 4.56. The van der Waals surface area contributed by atoms with Crippen molar-refractivity contribution in [1.82, 2.24) is 23.6 Å². The zero-order chi connectivity index (χ0) is 25.4. The van der Waals surface area contributed by atoms with Crippen molar-refractivity contribution in [1.29, 1.82) is 0 Å². The number of hydrogen-bond acceptors (Lipinski definition) is 5. The molecular weight excluding hydrogens is 482 g/mol. The van der Waals surface area contributed by atoms with Crippen LogP contribution < -0.4 is 21.5 Å². The molecule has 0 aliphatic carbocycles. The molecule has 0 spiro atoms. The van der Waals surface area contributed by atoms with Crippen LogP contribution in [0.2, 0.25) is 5.02 Å². The number of rotatable bonds is 4. The maximum Gasteiger partial charge on any atom is 0.332 e. The number of aryl methyl sites for hydroxylation is 1. The van der Waals surface area contributed by atoms with Crippen LogP contribution in [0, 0.1) is 0 Å². The van der Waals surface area contributed by atoms with Gasteiger partial charge >= 0.3 is 11.7 Å². The summed E-state index contributed by atoms with van der Waals surface area (Å²) in [6.07, 6.45) is 0. The lowest BCUT2D eigenvalue weighted by Crippen LogP contribution is -2.50. The predicted molar refractivity (Wildman–Crippen MR) is 140 cm³/mol. The van der Waals surface area contributed by atoms with E-state index in [0.29, 0.717) is 60.5 Å². The average molecular weight is 508 g/mol. The van der Waals surface area contributed by atoms with Gasteiger partial charge in [-0.3, -0.25) is 18.5 Å². The van der Waals surface area contributed by atoms with Crippen LogP contribution in [0.4, 0.5) is 16.4 Å². The molecular formula is C25H26ClN7O3. The number of carbonyl (C=O) groups is 1. The SMILES string of the molecule is Cn1c(=O)c2c(nc(N3CCN(C(=O)Nc4ccc(Cl)cc4)CC3)n2Cc2ccccc2)n(C)c1=O. The third-order valence-corrected chi connectivity index (χ3v) is 6.71. The van der Waals surface area contributed by atoms with E-state index in [1.165, 1.54) is 11.6 Å². The molecule has 1 aliphatic heterocycles. The first-order valence-electron chi connectivity index (χ1n) is 11.6. The molecule has 11 heteroatoms. The molecule has 1 fully saturated rings. The van der Waals surface area contributed by atoms with Gasteiger partial charge in [-0.15, -0.1) is 0 Å². The molecule has 2 aromatic carbocycles. The second-order valence-electron chi connectivity index (χ2n) is 8.77. The predicted octanol–water partition coefficient (Wildman–Crippen LogP) is 2.49. The van der Waals surface area contributed by atoms with Gasteiger partial charge in [-0.05, 0) is 29.8 Å². The Kier molecular flexibility index (Phi) is 6.27. The number of urea groups is 1. The van der Waals surface area contributed by atoms with E-state index in [1.54, 1.807) is 36.2 Å². The number of nitrogens with zero attached hydrogens (tertiary/aromatic N) is 6. The van der Waals surface area contributed by atoms with Gasteiger partial charge in [-0.1, -0.05) is 41.9 Å². The minimum absolute atomic E-state index is 0.189. The van der Waals surface area contributed by atoms with Gasteiger partial charge in [0.05, 0.1) is 6.54 Å². The van der Waals surface area contributed by atoms with Gasteiger partial charge in [0.1, 0.15) is 0 Å². The average Bonchev–Trinajstić information content (AvgIpc) is 3.27. The molecule has 1 saturated heterocycles. The normalized spacial score (nSPS) is 13.9. The van der Waals surface area contributed by atoms with Gasteiger partial charge in [0.15, 0.2) is 11.2 Å². The molecule has 0 saturated carbocycles. The van der Waals surface area contributed by atoms with E-state index in [9.17, 15) is 14.4 Å². The maximum atomic E-state index is 13.1. The Balaban J connectivity index is 1.44. The first-order chi connectivity index (χ1) is 17.3. The number of fused-ring (bicyclic) bond motifs is 1. The Hall–Kier alpha value is -4.05. The fourth-order valence-electron chi connectivity index (χ4n) is 4.44. The lowest BCUT2D eigenvalue weighted by atomic mass is 10.2. The molecule has 0 radical (unpaired) electrons. The highest BCUT2D eigenvalue weighted by molar-refractivity contribution is 6.30. The van der Waals surface area contributed by atoms with E-state index in [4.69, 9.17) is 16.6 Å². The third-order valence-electron chi connectivity index (χ3n) is 6.46. The summed E-state index contributed by atoms with van der Waals surface area (Å²) < 4.78 is 4.38. The van der Waals surface area contributed by atoms with E-state index in [0.717, 1.165) is 10.1 Å². The fraction of sp³-hybridized carbons (Fsp3) is 0.280. The molecule has 186 valence electrons. The van der Waals surface area contributed by atoms with Gasteiger partial charge in [0, 0.05) is 51.0 Å². The Morgan fingerprint density at radius 3 is 2.28 bits per heavy atom. The van der Waals surface area contributed by atoms with Gasteiger partial charge in [-0.2, -0.15) is 4.98 Å². The van der Waals surface area contributed by atoms with Crippen molar-refractivity contribution in [2.45, 2.75) is 6.54 Å². The molecule has 0 unspecified atom stereocenters. The number of halogens is 1. The molecule has 5 rings (SSSR count). The van der Waals surface area contributed by atoms with Gasteiger partial charge < -0.3 is 15.1 Å². The molecule has 2 aromatic heterocycles. The number of benzene rings is 2. The van der Waals surface area contributed by atoms with E-state index in [-0.39, 0.29) is 11.6 Å². The smallest absolute Gasteiger partial charge is 0.332 e. The van der Waals surface area contributed by atoms with Crippen molar-refractivity contribution < 1.29 is 4.79 Å². The van der Waals surface area contributed by atoms with Crippen molar-refractivity contribution >= 4 is 40.4 Å². The largest absolute Gasteiger partial charge is 0.339 e.